The number of nitrogens with one attached hydrogen (secondary N) is 1. The molecule has 1 aromatic heterocycles. The zero-order valence-corrected chi connectivity index (χ0v) is 30.0. The van der Waals surface area contributed by atoms with Crippen molar-refractivity contribution in [1.29, 1.82) is 5.26 Å². The molecule has 2 aliphatic heterocycles. The Morgan fingerprint density at radius 1 is 1.02 bits per heavy atom. The van der Waals surface area contributed by atoms with E-state index in [9.17, 15) is 31.6 Å². The van der Waals surface area contributed by atoms with Gasteiger partial charge in [-0.15, -0.1) is 0 Å². The van der Waals surface area contributed by atoms with Crippen molar-refractivity contribution in [2.75, 3.05) is 19.8 Å². The Morgan fingerprint density at radius 2 is 1.79 bits per heavy atom. The molecule has 0 spiro atoms. The third-order valence-corrected chi connectivity index (χ3v) is 10.3. The lowest BCUT2D eigenvalue weighted by Gasteiger charge is -2.35. The number of piperidine rings is 1. The van der Waals surface area contributed by atoms with E-state index < -0.39 is 27.5 Å². The number of pyridine rings is 1. The van der Waals surface area contributed by atoms with Gasteiger partial charge in [0, 0.05) is 36.1 Å². The molecular weight excluding hydrogens is 737 g/mol. The molecule has 2 aliphatic rings. The number of nitrogens with zero attached hydrogens (tertiary/aromatic N) is 3. The summed E-state index contributed by atoms with van der Waals surface area (Å²) in [5.41, 5.74) is -0.470. The number of hydrogen-bond acceptors (Lipinski definition) is 10. The number of fused-ring (bicyclic) bond motifs is 1. The van der Waals surface area contributed by atoms with Crippen LogP contribution in [0.3, 0.4) is 0 Å². The molecule has 3 aromatic carbocycles. The predicted octanol–water partition coefficient (Wildman–Crippen LogP) is 6.83. The summed E-state index contributed by atoms with van der Waals surface area (Å²) in [6.07, 6.45) is 4.22. The van der Waals surface area contributed by atoms with Crippen LogP contribution in [0.4, 0.5) is 13.2 Å². The van der Waals surface area contributed by atoms with Gasteiger partial charge in [0.05, 0.1) is 16.6 Å². The summed E-state index contributed by atoms with van der Waals surface area (Å²) in [6.45, 7) is 3.36. The number of benzene rings is 3. The number of ether oxygens (including phenoxy) is 4. The van der Waals surface area contributed by atoms with Crippen LogP contribution in [0.25, 0.3) is 11.1 Å². The standard InChI is InChI=1S/C37H34ClF3N4O7S/c1-23-27(5-4-6-29(23)26-8-9-32-35(15-26)50-12-11-49-32)22-52-34-16-33(51-21-25-13-24(17-42)18-43-19-25)28(14-30(34)38)20-45-10-3-2-7-31(45)36(46)44-53(47,48)37(39,40)41/h4-6,8-9,13-16,18-19,31H,2-3,7,10-12,20-22H2,1H3,(H,44,46)/t31-/m0/s1. The van der Waals surface area contributed by atoms with Gasteiger partial charge in [0.25, 0.3) is 5.91 Å². The molecule has 1 saturated heterocycles. The van der Waals surface area contributed by atoms with Crippen molar-refractivity contribution in [3.63, 3.8) is 0 Å². The number of alkyl halides is 3. The van der Waals surface area contributed by atoms with E-state index >= 15 is 0 Å². The minimum Gasteiger partial charge on any atom is -0.488 e. The molecule has 0 saturated carbocycles. The number of carbonyl (C=O) groups is 1. The van der Waals surface area contributed by atoms with Gasteiger partial charge >= 0.3 is 15.5 Å². The molecule has 0 unspecified atom stereocenters. The number of hydrogen-bond donors (Lipinski definition) is 1. The summed E-state index contributed by atoms with van der Waals surface area (Å²) in [5.74, 6) is 0.663. The predicted molar refractivity (Wildman–Crippen MR) is 188 cm³/mol. The molecular formula is C37H34ClF3N4O7S. The van der Waals surface area contributed by atoms with Gasteiger partial charge in [0.15, 0.2) is 11.5 Å². The van der Waals surface area contributed by atoms with Crippen molar-refractivity contribution < 1.29 is 45.3 Å². The second kappa shape index (κ2) is 15.9. The molecule has 0 aliphatic carbocycles. The van der Waals surface area contributed by atoms with Crippen molar-refractivity contribution in [1.82, 2.24) is 14.6 Å². The van der Waals surface area contributed by atoms with Crippen LogP contribution in [0.15, 0.2) is 67.0 Å². The lowest BCUT2D eigenvalue weighted by Crippen LogP contribution is -2.52. The van der Waals surface area contributed by atoms with Gasteiger partial charge in [-0.3, -0.25) is 14.7 Å². The van der Waals surface area contributed by atoms with Crippen LogP contribution >= 0.6 is 11.6 Å². The maximum Gasteiger partial charge on any atom is 0.516 e. The lowest BCUT2D eigenvalue weighted by atomic mass is 9.96. The molecule has 1 atom stereocenters. The molecule has 278 valence electrons. The Balaban J connectivity index is 1.26. The number of aromatic nitrogens is 1. The zero-order valence-electron chi connectivity index (χ0n) is 28.4. The first-order valence-corrected chi connectivity index (χ1v) is 18.5. The van der Waals surface area contributed by atoms with Gasteiger partial charge in [-0.1, -0.05) is 42.3 Å². The van der Waals surface area contributed by atoms with Crippen molar-refractivity contribution in [3.05, 3.63) is 99.8 Å². The van der Waals surface area contributed by atoms with Crippen LogP contribution in [0, 0.1) is 18.3 Å². The number of sulfonamides is 1. The van der Waals surface area contributed by atoms with Gasteiger partial charge in [0.2, 0.25) is 0 Å². The van der Waals surface area contributed by atoms with Gasteiger partial charge < -0.3 is 18.9 Å². The Morgan fingerprint density at radius 3 is 2.57 bits per heavy atom. The van der Waals surface area contributed by atoms with Gasteiger partial charge in [-0.2, -0.15) is 26.9 Å². The summed E-state index contributed by atoms with van der Waals surface area (Å²) in [6, 6.07) is 17.3. The highest BCUT2D eigenvalue weighted by molar-refractivity contribution is 7.90. The van der Waals surface area contributed by atoms with E-state index in [2.05, 4.69) is 4.98 Å². The fraction of sp³-hybridized carbons (Fsp3) is 0.324. The number of halogens is 4. The number of carbonyl (C=O) groups excluding carboxylic acids is 1. The van der Waals surface area contributed by atoms with Crippen molar-refractivity contribution in [3.8, 4) is 40.2 Å². The second-order valence-corrected chi connectivity index (χ2v) is 14.6. The number of rotatable bonds is 11. The highest BCUT2D eigenvalue weighted by atomic mass is 35.5. The fourth-order valence-corrected chi connectivity index (χ4v) is 6.96. The number of amides is 1. The van der Waals surface area contributed by atoms with E-state index in [0.29, 0.717) is 66.5 Å². The Bertz CT molecular complexity index is 2160. The lowest BCUT2D eigenvalue weighted by molar-refractivity contribution is -0.126. The topological polar surface area (TPSA) is 140 Å². The Hall–Kier alpha value is -5.04. The zero-order chi connectivity index (χ0) is 37.8. The monoisotopic (exact) mass is 770 g/mol. The molecule has 1 amide bonds. The smallest absolute Gasteiger partial charge is 0.488 e. The van der Waals surface area contributed by atoms with E-state index in [-0.39, 0.29) is 37.0 Å². The fourth-order valence-electron chi connectivity index (χ4n) is 6.21. The van der Waals surface area contributed by atoms with E-state index in [1.165, 1.54) is 17.1 Å². The molecule has 0 radical (unpaired) electrons. The third-order valence-electron chi connectivity index (χ3n) is 8.95. The van der Waals surface area contributed by atoms with Gasteiger partial charge in [-0.05, 0) is 72.8 Å². The highest BCUT2D eigenvalue weighted by Gasteiger charge is 2.48. The number of likely N-dealkylation sites (tertiary alicyclic amines) is 1. The van der Waals surface area contributed by atoms with Crippen LogP contribution in [-0.2, 0) is 34.6 Å². The van der Waals surface area contributed by atoms with E-state index in [1.54, 1.807) is 23.1 Å². The summed E-state index contributed by atoms with van der Waals surface area (Å²) in [5, 5.41) is 9.52. The van der Waals surface area contributed by atoms with Crippen LogP contribution in [-0.4, -0.2) is 55.5 Å². The van der Waals surface area contributed by atoms with Crippen LogP contribution in [0.5, 0.6) is 23.0 Å². The van der Waals surface area contributed by atoms with Crippen LogP contribution in [0.2, 0.25) is 5.02 Å². The van der Waals surface area contributed by atoms with Gasteiger partial charge in [-0.25, -0.2) is 4.72 Å². The molecule has 16 heteroatoms. The maximum atomic E-state index is 13.1. The molecule has 6 rings (SSSR count). The minimum absolute atomic E-state index is 0.00729. The highest BCUT2D eigenvalue weighted by Crippen LogP contribution is 2.38. The third kappa shape index (κ3) is 8.78. The summed E-state index contributed by atoms with van der Waals surface area (Å²) >= 11 is 6.76. The molecule has 53 heavy (non-hydrogen) atoms. The maximum absolute atomic E-state index is 13.1. The van der Waals surface area contributed by atoms with E-state index in [0.717, 1.165) is 22.3 Å². The Labute approximate surface area is 309 Å². The average Bonchev–Trinajstić information content (AvgIpc) is 3.14. The van der Waals surface area contributed by atoms with Crippen molar-refractivity contribution in [2.24, 2.45) is 0 Å². The summed E-state index contributed by atoms with van der Waals surface area (Å²) in [7, 11) is -5.89. The molecule has 1 N–H and O–H groups in total. The first-order chi connectivity index (χ1) is 25.3. The summed E-state index contributed by atoms with van der Waals surface area (Å²) < 4.78 is 87.7. The first kappa shape index (κ1) is 37.7. The summed E-state index contributed by atoms with van der Waals surface area (Å²) in [4.78, 5) is 18.6. The molecule has 1 fully saturated rings. The quantitative estimate of drug-likeness (QED) is 0.173. The van der Waals surface area contributed by atoms with Crippen LogP contribution < -0.4 is 23.7 Å². The molecule has 4 aromatic rings. The van der Waals surface area contributed by atoms with Crippen LogP contribution in [0.1, 0.15) is 47.1 Å². The SMILES string of the molecule is Cc1c(COc2cc(OCc3cncc(C#N)c3)c(CN3CCCC[C@H]3C(=O)NS(=O)(=O)C(F)(F)F)cc2Cl)cccc1-c1ccc2c(c1)OCCO2. The first-order valence-electron chi connectivity index (χ1n) is 16.6. The molecule has 3 heterocycles. The number of nitriles is 1. The van der Waals surface area contributed by atoms with E-state index in [1.807, 2.05) is 49.4 Å². The molecule has 0 bridgehead atoms. The van der Waals surface area contributed by atoms with Crippen molar-refractivity contribution in [2.45, 2.75) is 57.5 Å². The second-order valence-electron chi connectivity index (χ2n) is 12.5. The average molecular weight is 771 g/mol. The normalized spacial score (nSPS) is 16.0. The largest absolute Gasteiger partial charge is 0.516 e. The van der Waals surface area contributed by atoms with E-state index in [4.69, 9.17) is 30.5 Å². The van der Waals surface area contributed by atoms with Crippen molar-refractivity contribution >= 4 is 27.5 Å². The minimum atomic E-state index is -5.89. The molecule has 11 nitrogen and oxygen atoms in total. The Kier molecular flexibility index (Phi) is 11.3. The van der Waals surface area contributed by atoms with Gasteiger partial charge in [0.1, 0.15) is 44.0 Å².